The lowest BCUT2D eigenvalue weighted by Gasteiger charge is -2.18. The van der Waals surface area contributed by atoms with Crippen molar-refractivity contribution in [1.82, 2.24) is 50.2 Å². The number of hydrogen-bond acceptors (Lipinski definition) is 10. The van der Waals surface area contributed by atoms with Gasteiger partial charge in [-0.15, -0.1) is 20.4 Å². The van der Waals surface area contributed by atoms with Crippen LogP contribution in [0.2, 0.25) is 0 Å². The number of likely N-dealkylation sites (N-methyl/N-ethyl adjacent to an activating group) is 2. The molecule has 2 aromatic carbocycles. The number of fused-ring (bicyclic) bond motifs is 1. The highest BCUT2D eigenvalue weighted by Gasteiger charge is 2.23. The Hall–Kier alpha value is -4.42. The molecule has 0 saturated carbocycles. The number of nitrogens with one attached hydrogen (secondary N) is 3. The van der Waals surface area contributed by atoms with Gasteiger partial charge in [0.15, 0.2) is 11.6 Å². The normalized spacial score (nSPS) is 11.7. The Morgan fingerprint density at radius 1 is 0.786 bits per heavy atom. The molecule has 0 spiro atoms. The standard InChI is InChI=1S/C30H40N12/c1-20(2)30-33-25-26(29(32-16-18-41(5)6)35-34-28(25)31-15-17-40(3)4)42(30)19-21-11-7-8-12-22(21)23-13-9-10-14-24(23)27-36-38-39-37-27/h7-14,20H,15-19H2,1-6H3,(H,31,34)(H,32,35)(H,36,37,38,39). The molecule has 12 nitrogen and oxygen atoms in total. The largest absolute Gasteiger partial charge is 0.365 e. The van der Waals surface area contributed by atoms with Crippen LogP contribution < -0.4 is 10.6 Å². The summed E-state index contributed by atoms with van der Waals surface area (Å²) in [5.74, 6) is 3.15. The third kappa shape index (κ3) is 6.39. The Kier molecular flexibility index (Phi) is 9.03. The molecule has 5 aromatic rings. The zero-order chi connectivity index (χ0) is 29.6. The predicted molar refractivity (Wildman–Crippen MR) is 168 cm³/mol. The van der Waals surface area contributed by atoms with Crippen LogP contribution in [0, 0.1) is 0 Å². The molecular formula is C30H40N12. The second kappa shape index (κ2) is 13.0. The molecule has 0 amide bonds. The number of anilines is 2. The quantitative estimate of drug-likeness (QED) is 0.193. The number of H-pyrrole nitrogens is 1. The van der Waals surface area contributed by atoms with Crippen LogP contribution >= 0.6 is 0 Å². The molecule has 0 unspecified atom stereocenters. The molecule has 5 rings (SSSR count). The van der Waals surface area contributed by atoms with E-state index in [0.717, 1.165) is 71.1 Å². The number of nitrogens with zero attached hydrogens (tertiary/aromatic N) is 9. The predicted octanol–water partition coefficient (Wildman–Crippen LogP) is 3.79. The average Bonchev–Trinajstić information content (AvgIpc) is 3.63. The maximum absolute atomic E-state index is 5.17. The first-order valence-electron chi connectivity index (χ1n) is 14.3. The number of tetrazole rings is 1. The van der Waals surface area contributed by atoms with E-state index in [4.69, 9.17) is 4.98 Å². The van der Waals surface area contributed by atoms with E-state index in [1.54, 1.807) is 0 Å². The molecule has 0 radical (unpaired) electrons. The first-order valence-corrected chi connectivity index (χ1v) is 14.3. The van der Waals surface area contributed by atoms with Crippen molar-refractivity contribution < 1.29 is 0 Å². The lowest BCUT2D eigenvalue weighted by Crippen LogP contribution is -2.22. The summed E-state index contributed by atoms with van der Waals surface area (Å²) >= 11 is 0. The minimum atomic E-state index is 0.181. The van der Waals surface area contributed by atoms with Crippen molar-refractivity contribution >= 4 is 22.7 Å². The molecular weight excluding hydrogens is 528 g/mol. The van der Waals surface area contributed by atoms with E-state index in [0.29, 0.717) is 18.2 Å². The number of aromatic amines is 1. The summed E-state index contributed by atoms with van der Waals surface area (Å²) in [4.78, 5) is 9.45. The van der Waals surface area contributed by atoms with Gasteiger partial charge in [-0.05, 0) is 50.1 Å². The fourth-order valence-electron chi connectivity index (χ4n) is 4.99. The number of rotatable bonds is 13. The summed E-state index contributed by atoms with van der Waals surface area (Å²) in [5.41, 5.74) is 5.98. The average molecular weight is 569 g/mol. The Labute approximate surface area is 246 Å². The molecule has 0 aliphatic carbocycles. The van der Waals surface area contributed by atoms with Crippen LogP contribution in [-0.4, -0.2) is 105 Å². The highest BCUT2D eigenvalue weighted by molar-refractivity contribution is 5.94. The Balaban J connectivity index is 1.63. The van der Waals surface area contributed by atoms with Crippen LogP contribution in [0.3, 0.4) is 0 Å². The van der Waals surface area contributed by atoms with E-state index >= 15 is 0 Å². The minimum absolute atomic E-state index is 0.181. The maximum atomic E-state index is 5.17. The van der Waals surface area contributed by atoms with Crippen LogP contribution in [-0.2, 0) is 6.54 Å². The smallest absolute Gasteiger partial charge is 0.205 e. The van der Waals surface area contributed by atoms with Gasteiger partial charge in [0.2, 0.25) is 5.82 Å². The molecule has 3 aromatic heterocycles. The third-order valence-electron chi connectivity index (χ3n) is 7.06. The summed E-state index contributed by atoms with van der Waals surface area (Å²) in [6.45, 7) is 8.17. The lowest BCUT2D eigenvalue weighted by molar-refractivity contribution is 0.424. The van der Waals surface area contributed by atoms with Crippen molar-refractivity contribution in [3.05, 3.63) is 59.9 Å². The summed E-state index contributed by atoms with van der Waals surface area (Å²) in [7, 11) is 8.23. The molecule has 0 bridgehead atoms. The molecule has 3 N–H and O–H groups in total. The number of benzene rings is 2. The van der Waals surface area contributed by atoms with Crippen LogP contribution in [0.4, 0.5) is 11.6 Å². The van der Waals surface area contributed by atoms with E-state index < -0.39 is 0 Å². The van der Waals surface area contributed by atoms with E-state index in [1.807, 2.05) is 18.2 Å². The van der Waals surface area contributed by atoms with Gasteiger partial charge in [0, 0.05) is 37.7 Å². The van der Waals surface area contributed by atoms with Gasteiger partial charge in [-0.3, -0.25) is 0 Å². The molecule has 220 valence electrons. The SMILES string of the molecule is CC(C)c1nc2c(NCCN(C)C)nnc(NCCN(C)C)c2n1Cc1ccccc1-c1ccccc1-c1nn[nH]n1. The first-order chi connectivity index (χ1) is 20.3. The fraction of sp³-hybridized carbons (Fsp3) is 0.400. The molecule has 0 atom stereocenters. The monoisotopic (exact) mass is 568 g/mol. The highest BCUT2D eigenvalue weighted by Crippen LogP contribution is 2.35. The van der Waals surface area contributed by atoms with Gasteiger partial charge in [-0.25, -0.2) is 4.98 Å². The zero-order valence-electron chi connectivity index (χ0n) is 25.3. The van der Waals surface area contributed by atoms with E-state index in [9.17, 15) is 0 Å². The van der Waals surface area contributed by atoms with E-state index in [-0.39, 0.29) is 5.92 Å². The molecule has 0 saturated heterocycles. The van der Waals surface area contributed by atoms with Crippen molar-refractivity contribution in [2.45, 2.75) is 26.3 Å². The Bertz CT molecular complexity index is 1600. The molecule has 0 aliphatic heterocycles. The van der Waals surface area contributed by atoms with Crippen molar-refractivity contribution in [3.8, 4) is 22.5 Å². The third-order valence-corrected chi connectivity index (χ3v) is 7.06. The number of aromatic nitrogens is 8. The van der Waals surface area contributed by atoms with Crippen molar-refractivity contribution in [2.24, 2.45) is 0 Å². The molecule has 12 heteroatoms. The summed E-state index contributed by atoms with van der Waals surface area (Å²) in [5, 5.41) is 31.1. The van der Waals surface area contributed by atoms with Gasteiger partial charge < -0.3 is 25.0 Å². The molecule has 3 heterocycles. The highest BCUT2D eigenvalue weighted by atomic mass is 15.5. The van der Waals surface area contributed by atoms with Crippen LogP contribution in [0.1, 0.15) is 31.2 Å². The van der Waals surface area contributed by atoms with Crippen molar-refractivity contribution in [1.29, 1.82) is 0 Å². The van der Waals surface area contributed by atoms with Gasteiger partial charge in [-0.2, -0.15) is 5.21 Å². The number of imidazole rings is 1. The second-order valence-corrected chi connectivity index (χ2v) is 11.2. The van der Waals surface area contributed by atoms with Gasteiger partial charge in [0.25, 0.3) is 0 Å². The van der Waals surface area contributed by atoms with Crippen LogP contribution in [0.5, 0.6) is 0 Å². The zero-order valence-corrected chi connectivity index (χ0v) is 25.3. The van der Waals surface area contributed by atoms with Gasteiger partial charge in [0.05, 0.1) is 6.54 Å². The maximum Gasteiger partial charge on any atom is 0.205 e. The van der Waals surface area contributed by atoms with Gasteiger partial charge >= 0.3 is 0 Å². The summed E-state index contributed by atoms with van der Waals surface area (Å²) in [6.07, 6.45) is 0. The first kappa shape index (κ1) is 29.1. The molecule has 0 fully saturated rings. The molecule has 0 aliphatic rings. The minimum Gasteiger partial charge on any atom is -0.365 e. The second-order valence-electron chi connectivity index (χ2n) is 11.2. The fourth-order valence-corrected chi connectivity index (χ4v) is 4.99. The van der Waals surface area contributed by atoms with Crippen LogP contribution in [0.25, 0.3) is 33.5 Å². The van der Waals surface area contributed by atoms with Crippen molar-refractivity contribution in [2.75, 3.05) is 65.0 Å². The number of hydrogen-bond donors (Lipinski definition) is 3. The van der Waals surface area contributed by atoms with Crippen molar-refractivity contribution in [3.63, 3.8) is 0 Å². The van der Waals surface area contributed by atoms with Gasteiger partial charge in [-0.1, -0.05) is 62.4 Å². The summed E-state index contributed by atoms with van der Waals surface area (Å²) in [6, 6.07) is 16.6. The van der Waals surface area contributed by atoms with E-state index in [2.05, 4.69) is 128 Å². The van der Waals surface area contributed by atoms with E-state index in [1.165, 1.54) is 0 Å². The Morgan fingerprint density at radius 2 is 1.40 bits per heavy atom. The molecule has 42 heavy (non-hydrogen) atoms. The van der Waals surface area contributed by atoms with Gasteiger partial charge in [0.1, 0.15) is 16.9 Å². The van der Waals surface area contributed by atoms with Crippen LogP contribution in [0.15, 0.2) is 48.5 Å². The lowest BCUT2D eigenvalue weighted by atomic mass is 9.95. The summed E-state index contributed by atoms with van der Waals surface area (Å²) < 4.78 is 2.29. The Morgan fingerprint density at radius 3 is 2.05 bits per heavy atom. The topological polar surface area (TPSA) is 129 Å².